The topological polar surface area (TPSA) is 93.7 Å². The van der Waals surface area contributed by atoms with Gasteiger partial charge >= 0.3 is 0 Å². The molecule has 0 bridgehead atoms. The van der Waals surface area contributed by atoms with Crippen molar-refractivity contribution in [1.82, 2.24) is 15.2 Å². The Balaban J connectivity index is 1.53. The van der Waals surface area contributed by atoms with E-state index in [1.165, 1.54) is 6.07 Å². The van der Waals surface area contributed by atoms with Crippen molar-refractivity contribution in [3.05, 3.63) is 82.4 Å². The summed E-state index contributed by atoms with van der Waals surface area (Å²) in [5, 5.41) is 15.5. The molecule has 8 nitrogen and oxygen atoms in total. The largest absolute Gasteiger partial charge is 0.459 e. The van der Waals surface area contributed by atoms with Gasteiger partial charge in [0.2, 0.25) is 0 Å². The van der Waals surface area contributed by atoms with E-state index in [9.17, 15) is 10.1 Å². The Labute approximate surface area is 190 Å². The fourth-order valence-electron chi connectivity index (χ4n) is 4.42. The maximum absolute atomic E-state index is 11.5. The smallest absolute Gasteiger partial charge is 0.280 e. The fraction of sp³-hybridized carbons (Fsp3) is 0.304. The number of ether oxygens (including phenoxy) is 1. The molecule has 2 aromatic heterocycles. The van der Waals surface area contributed by atoms with Crippen LogP contribution in [0.3, 0.4) is 0 Å². The SMILES string of the molecule is O=[N+]([O-])c1ccccc1-c1ccc([C@H]2[C@@H](c3ccccn3)NC(=S)N2C[C@@H]2CCCO2)o1. The molecule has 3 aromatic rings. The number of benzene rings is 1. The number of nitrogens with zero attached hydrogens (tertiary/aromatic N) is 3. The van der Waals surface area contributed by atoms with Crippen molar-refractivity contribution in [2.45, 2.75) is 31.0 Å². The summed E-state index contributed by atoms with van der Waals surface area (Å²) in [5.41, 5.74) is 1.29. The number of thiocarbonyl (C=S) groups is 1. The van der Waals surface area contributed by atoms with Crippen LogP contribution in [0.15, 0.2) is 65.2 Å². The number of pyridine rings is 1. The Bertz CT molecular complexity index is 1130. The van der Waals surface area contributed by atoms with E-state index < -0.39 is 4.92 Å². The number of nitrogens with one attached hydrogen (secondary N) is 1. The molecule has 4 heterocycles. The minimum absolute atomic E-state index is 0.00551. The third-order valence-electron chi connectivity index (χ3n) is 5.91. The quantitative estimate of drug-likeness (QED) is 0.336. The van der Waals surface area contributed by atoms with Crippen molar-refractivity contribution in [3.63, 3.8) is 0 Å². The van der Waals surface area contributed by atoms with Gasteiger partial charge in [0.15, 0.2) is 5.11 Å². The zero-order valence-electron chi connectivity index (χ0n) is 17.2. The number of para-hydroxylation sites is 1. The van der Waals surface area contributed by atoms with Gasteiger partial charge in [0.1, 0.15) is 17.6 Å². The van der Waals surface area contributed by atoms with Crippen LogP contribution in [0.4, 0.5) is 5.69 Å². The molecule has 164 valence electrons. The molecule has 5 rings (SSSR count). The van der Waals surface area contributed by atoms with Crippen molar-refractivity contribution in [3.8, 4) is 11.3 Å². The molecule has 2 aliphatic heterocycles. The second-order valence-corrected chi connectivity index (χ2v) is 8.28. The second kappa shape index (κ2) is 8.68. The number of rotatable bonds is 6. The highest BCUT2D eigenvalue weighted by atomic mass is 32.1. The Hall–Kier alpha value is -3.30. The van der Waals surface area contributed by atoms with E-state index in [0.29, 0.717) is 28.7 Å². The first kappa shape index (κ1) is 20.6. The molecule has 0 amide bonds. The number of nitro benzene ring substituents is 1. The van der Waals surface area contributed by atoms with E-state index >= 15 is 0 Å². The Kier molecular flexibility index (Phi) is 5.59. The number of furan rings is 1. The van der Waals surface area contributed by atoms with Crippen molar-refractivity contribution < 1.29 is 14.1 Å². The van der Waals surface area contributed by atoms with Gasteiger partial charge in [-0.3, -0.25) is 15.1 Å². The third kappa shape index (κ3) is 3.85. The van der Waals surface area contributed by atoms with Gasteiger partial charge in [0.05, 0.1) is 28.3 Å². The third-order valence-corrected chi connectivity index (χ3v) is 6.26. The van der Waals surface area contributed by atoms with Crippen LogP contribution in [0, 0.1) is 10.1 Å². The molecular formula is C23H22N4O4S. The maximum Gasteiger partial charge on any atom is 0.280 e. The Morgan fingerprint density at radius 1 is 1.19 bits per heavy atom. The molecule has 0 radical (unpaired) electrons. The van der Waals surface area contributed by atoms with Crippen LogP contribution in [0.1, 0.15) is 36.4 Å². The predicted molar refractivity (Wildman–Crippen MR) is 122 cm³/mol. The molecule has 0 unspecified atom stereocenters. The summed E-state index contributed by atoms with van der Waals surface area (Å²) in [4.78, 5) is 17.7. The lowest BCUT2D eigenvalue weighted by Gasteiger charge is -2.28. The Morgan fingerprint density at radius 3 is 2.78 bits per heavy atom. The first-order valence-corrected chi connectivity index (χ1v) is 11.0. The van der Waals surface area contributed by atoms with Crippen LogP contribution in [-0.4, -0.2) is 39.2 Å². The second-order valence-electron chi connectivity index (χ2n) is 7.89. The summed E-state index contributed by atoms with van der Waals surface area (Å²) in [6.45, 7) is 1.40. The fourth-order valence-corrected chi connectivity index (χ4v) is 4.73. The van der Waals surface area contributed by atoms with Gasteiger partial charge in [-0.1, -0.05) is 18.2 Å². The van der Waals surface area contributed by atoms with Crippen LogP contribution in [0.2, 0.25) is 0 Å². The molecule has 1 N–H and O–H groups in total. The van der Waals surface area contributed by atoms with Gasteiger partial charge in [-0.15, -0.1) is 0 Å². The summed E-state index contributed by atoms with van der Waals surface area (Å²) in [6, 6.07) is 15.5. The lowest BCUT2D eigenvalue weighted by molar-refractivity contribution is -0.384. The average molecular weight is 451 g/mol. The molecule has 0 saturated carbocycles. The van der Waals surface area contributed by atoms with E-state index in [2.05, 4.69) is 15.2 Å². The normalized spacial score (nSPS) is 22.8. The molecule has 9 heteroatoms. The van der Waals surface area contributed by atoms with Crippen LogP contribution >= 0.6 is 12.2 Å². The predicted octanol–water partition coefficient (Wildman–Crippen LogP) is 4.40. The summed E-state index contributed by atoms with van der Waals surface area (Å²) in [7, 11) is 0. The van der Waals surface area contributed by atoms with Gasteiger partial charge in [0.25, 0.3) is 5.69 Å². The van der Waals surface area contributed by atoms with Gasteiger partial charge in [-0.2, -0.15) is 0 Å². The number of hydrogen-bond donors (Lipinski definition) is 1. The highest BCUT2D eigenvalue weighted by Gasteiger charge is 2.43. The van der Waals surface area contributed by atoms with E-state index in [1.54, 1.807) is 30.5 Å². The molecular weight excluding hydrogens is 428 g/mol. The zero-order chi connectivity index (χ0) is 22.1. The van der Waals surface area contributed by atoms with Crippen LogP contribution in [0.25, 0.3) is 11.3 Å². The van der Waals surface area contributed by atoms with Crippen LogP contribution in [0.5, 0.6) is 0 Å². The van der Waals surface area contributed by atoms with Gasteiger partial charge in [0, 0.05) is 25.4 Å². The number of hydrogen-bond acceptors (Lipinski definition) is 6. The lowest BCUT2D eigenvalue weighted by atomic mass is 10.0. The molecule has 0 aliphatic carbocycles. The minimum Gasteiger partial charge on any atom is -0.459 e. The molecule has 2 fully saturated rings. The lowest BCUT2D eigenvalue weighted by Crippen LogP contribution is -2.36. The Morgan fingerprint density at radius 2 is 2.03 bits per heavy atom. The summed E-state index contributed by atoms with van der Waals surface area (Å²) >= 11 is 5.68. The number of nitro groups is 1. The van der Waals surface area contributed by atoms with E-state index in [4.69, 9.17) is 21.4 Å². The van der Waals surface area contributed by atoms with Gasteiger partial charge < -0.3 is 19.4 Å². The minimum atomic E-state index is -0.399. The average Bonchev–Trinajstić information content (AvgIpc) is 3.56. The molecule has 0 spiro atoms. The first-order chi connectivity index (χ1) is 15.6. The van der Waals surface area contributed by atoms with E-state index in [1.807, 2.05) is 24.3 Å². The van der Waals surface area contributed by atoms with Crippen molar-refractivity contribution in [2.24, 2.45) is 0 Å². The molecule has 3 atom stereocenters. The van der Waals surface area contributed by atoms with Crippen molar-refractivity contribution in [2.75, 3.05) is 13.2 Å². The van der Waals surface area contributed by atoms with Gasteiger partial charge in [-0.25, -0.2) is 0 Å². The van der Waals surface area contributed by atoms with Crippen molar-refractivity contribution >= 4 is 23.0 Å². The molecule has 2 aliphatic rings. The van der Waals surface area contributed by atoms with E-state index in [-0.39, 0.29) is 23.9 Å². The zero-order valence-corrected chi connectivity index (χ0v) is 18.0. The first-order valence-electron chi connectivity index (χ1n) is 10.5. The van der Waals surface area contributed by atoms with Crippen molar-refractivity contribution in [1.29, 1.82) is 0 Å². The van der Waals surface area contributed by atoms with E-state index in [0.717, 1.165) is 25.1 Å². The standard InChI is InChI=1S/C23H22N4O4S/c28-27(29)18-9-2-1-7-16(18)19-10-11-20(31-19)22-21(17-8-3-4-12-24-17)25-23(32)26(22)14-15-6-5-13-30-15/h1-4,7-12,15,21-22H,5-6,13-14H2,(H,25,32)/t15-,21+,22-/m0/s1. The summed E-state index contributed by atoms with van der Waals surface area (Å²) in [6.07, 6.45) is 3.88. The summed E-state index contributed by atoms with van der Waals surface area (Å²) < 4.78 is 12.1. The molecule has 1 aromatic carbocycles. The summed E-state index contributed by atoms with van der Waals surface area (Å²) in [5.74, 6) is 1.11. The maximum atomic E-state index is 11.5. The highest BCUT2D eigenvalue weighted by molar-refractivity contribution is 7.80. The molecule has 2 saturated heterocycles. The number of aromatic nitrogens is 1. The van der Waals surface area contributed by atoms with Crippen LogP contribution < -0.4 is 5.32 Å². The van der Waals surface area contributed by atoms with Gasteiger partial charge in [-0.05, 0) is 55.4 Å². The van der Waals surface area contributed by atoms with Crippen LogP contribution in [-0.2, 0) is 4.74 Å². The monoisotopic (exact) mass is 450 g/mol. The molecule has 32 heavy (non-hydrogen) atoms. The highest BCUT2D eigenvalue weighted by Crippen LogP contribution is 2.42.